The monoisotopic (exact) mass is 350 g/mol. The number of benzene rings is 2. The molecule has 0 saturated carbocycles. The second-order valence-electron chi connectivity index (χ2n) is 5.81. The first-order valence-electron chi connectivity index (χ1n) is 8.09. The zero-order chi connectivity index (χ0) is 18.5. The van der Waals surface area contributed by atoms with Crippen LogP contribution in [-0.2, 0) is 0 Å². The Kier molecular flexibility index (Phi) is 5.19. The summed E-state index contributed by atoms with van der Waals surface area (Å²) in [6.07, 6.45) is 0. The predicted molar refractivity (Wildman–Crippen MR) is 98.8 cm³/mol. The van der Waals surface area contributed by atoms with Gasteiger partial charge < -0.3 is 10.4 Å². The number of aliphatic hydroxyl groups is 1. The molecule has 0 fully saturated rings. The molecule has 0 aliphatic rings. The Balaban J connectivity index is 1.88. The number of nitro benzene ring substituents is 1. The molecule has 0 radical (unpaired) electrons. The zero-order valence-corrected chi connectivity index (χ0v) is 14.2. The van der Waals surface area contributed by atoms with E-state index in [0.717, 1.165) is 11.3 Å². The fourth-order valence-corrected chi connectivity index (χ4v) is 2.60. The molecule has 0 aliphatic carbocycles. The molecule has 2 aromatic carbocycles. The topological polar surface area (TPSA) is 101 Å². The van der Waals surface area contributed by atoms with Crippen molar-refractivity contribution >= 4 is 11.5 Å². The van der Waals surface area contributed by atoms with Crippen molar-refractivity contribution in [1.82, 2.24) is 9.97 Å². The number of non-ortho nitro benzene ring substituents is 1. The largest absolute Gasteiger partial charge is 0.394 e. The highest BCUT2D eigenvalue weighted by Crippen LogP contribution is 2.23. The molecule has 0 amide bonds. The minimum absolute atomic E-state index is 0.0178. The van der Waals surface area contributed by atoms with Gasteiger partial charge in [-0.25, -0.2) is 9.97 Å². The van der Waals surface area contributed by atoms with E-state index in [0.29, 0.717) is 17.2 Å². The first kappa shape index (κ1) is 17.5. The highest BCUT2D eigenvalue weighted by Gasteiger charge is 2.13. The van der Waals surface area contributed by atoms with Gasteiger partial charge in [-0.15, -0.1) is 0 Å². The van der Waals surface area contributed by atoms with Crippen LogP contribution in [0.15, 0.2) is 60.7 Å². The number of nitrogens with zero attached hydrogens (tertiary/aromatic N) is 3. The van der Waals surface area contributed by atoms with Crippen LogP contribution in [0, 0.1) is 17.0 Å². The quantitative estimate of drug-likeness (QED) is 0.521. The van der Waals surface area contributed by atoms with E-state index in [2.05, 4.69) is 15.3 Å². The van der Waals surface area contributed by atoms with Crippen molar-refractivity contribution in [3.63, 3.8) is 0 Å². The van der Waals surface area contributed by atoms with Crippen LogP contribution < -0.4 is 5.32 Å². The lowest BCUT2D eigenvalue weighted by Gasteiger charge is -2.18. The molecule has 3 rings (SSSR count). The van der Waals surface area contributed by atoms with E-state index < -0.39 is 4.92 Å². The number of aryl methyl sites for hydroxylation is 1. The van der Waals surface area contributed by atoms with Crippen molar-refractivity contribution in [3.05, 3.63) is 82.0 Å². The SMILES string of the molecule is Cc1cc(NC(CO)c2ccccc2)nc(-c2ccc([N+](=O)[O-])cc2)n1. The van der Waals surface area contributed by atoms with Gasteiger partial charge in [-0.05, 0) is 24.6 Å². The van der Waals surface area contributed by atoms with Gasteiger partial charge in [-0.2, -0.15) is 0 Å². The van der Waals surface area contributed by atoms with Gasteiger partial charge in [-0.3, -0.25) is 10.1 Å². The first-order valence-corrected chi connectivity index (χ1v) is 8.09. The van der Waals surface area contributed by atoms with Gasteiger partial charge in [0.15, 0.2) is 5.82 Å². The van der Waals surface area contributed by atoms with Crippen LogP contribution in [0.1, 0.15) is 17.3 Å². The Hall–Kier alpha value is -3.32. The van der Waals surface area contributed by atoms with Crippen LogP contribution in [0.4, 0.5) is 11.5 Å². The van der Waals surface area contributed by atoms with Crippen molar-refractivity contribution in [2.45, 2.75) is 13.0 Å². The fraction of sp³-hybridized carbons (Fsp3) is 0.158. The molecule has 1 heterocycles. The molecule has 1 atom stereocenters. The Morgan fingerprint density at radius 1 is 1.12 bits per heavy atom. The van der Waals surface area contributed by atoms with Gasteiger partial charge in [-0.1, -0.05) is 30.3 Å². The molecule has 3 aromatic rings. The van der Waals surface area contributed by atoms with E-state index in [1.54, 1.807) is 18.2 Å². The second kappa shape index (κ2) is 7.71. The third kappa shape index (κ3) is 4.01. The number of hydrogen-bond donors (Lipinski definition) is 2. The van der Waals surface area contributed by atoms with Crippen LogP contribution in [0.3, 0.4) is 0 Å². The Morgan fingerprint density at radius 3 is 2.42 bits per heavy atom. The lowest BCUT2D eigenvalue weighted by Crippen LogP contribution is -2.16. The highest BCUT2D eigenvalue weighted by molar-refractivity contribution is 5.59. The number of hydrogen-bond acceptors (Lipinski definition) is 6. The summed E-state index contributed by atoms with van der Waals surface area (Å²) in [5.41, 5.74) is 2.40. The number of nitrogens with one attached hydrogen (secondary N) is 1. The fourth-order valence-electron chi connectivity index (χ4n) is 2.60. The standard InChI is InChI=1S/C19H18N4O3/c1-13-11-18(21-17(12-24)14-5-3-2-4-6-14)22-19(20-13)15-7-9-16(10-8-15)23(25)26/h2-11,17,24H,12H2,1H3,(H,20,21,22). The summed E-state index contributed by atoms with van der Waals surface area (Å²) in [5, 5.41) is 23.7. The summed E-state index contributed by atoms with van der Waals surface area (Å²) in [6, 6.07) is 17.2. The van der Waals surface area contributed by atoms with Crippen molar-refractivity contribution in [2.24, 2.45) is 0 Å². The molecule has 0 aliphatic heterocycles. The normalized spacial score (nSPS) is 11.8. The first-order chi connectivity index (χ1) is 12.6. The predicted octanol–water partition coefficient (Wildman–Crippen LogP) is 3.51. The van der Waals surface area contributed by atoms with E-state index in [4.69, 9.17) is 0 Å². The van der Waals surface area contributed by atoms with Crippen molar-refractivity contribution in [2.75, 3.05) is 11.9 Å². The van der Waals surface area contributed by atoms with Crippen LogP contribution in [0.25, 0.3) is 11.4 Å². The molecule has 0 saturated heterocycles. The molecule has 26 heavy (non-hydrogen) atoms. The number of rotatable bonds is 6. The second-order valence-corrected chi connectivity index (χ2v) is 5.81. The summed E-state index contributed by atoms with van der Waals surface area (Å²) < 4.78 is 0. The van der Waals surface area contributed by atoms with E-state index in [-0.39, 0.29) is 18.3 Å². The van der Waals surface area contributed by atoms with Gasteiger partial charge in [0.25, 0.3) is 5.69 Å². The summed E-state index contributed by atoms with van der Waals surface area (Å²) in [5.74, 6) is 1.04. The molecule has 2 N–H and O–H groups in total. The minimum Gasteiger partial charge on any atom is -0.394 e. The van der Waals surface area contributed by atoms with Gasteiger partial charge in [0, 0.05) is 29.5 Å². The van der Waals surface area contributed by atoms with Crippen LogP contribution in [-0.4, -0.2) is 26.6 Å². The molecule has 0 spiro atoms. The van der Waals surface area contributed by atoms with Gasteiger partial charge in [0.05, 0.1) is 17.6 Å². The Bertz CT molecular complexity index is 898. The van der Waals surface area contributed by atoms with Crippen LogP contribution in [0.5, 0.6) is 0 Å². The smallest absolute Gasteiger partial charge is 0.269 e. The lowest BCUT2D eigenvalue weighted by atomic mass is 10.1. The number of aromatic nitrogens is 2. The van der Waals surface area contributed by atoms with Crippen LogP contribution in [0.2, 0.25) is 0 Å². The maximum Gasteiger partial charge on any atom is 0.269 e. The molecule has 132 valence electrons. The number of nitro groups is 1. The van der Waals surface area contributed by atoms with E-state index in [1.165, 1.54) is 12.1 Å². The number of anilines is 1. The Labute approximate surface area is 150 Å². The van der Waals surface area contributed by atoms with Crippen molar-refractivity contribution < 1.29 is 10.0 Å². The lowest BCUT2D eigenvalue weighted by molar-refractivity contribution is -0.384. The average molecular weight is 350 g/mol. The summed E-state index contributed by atoms with van der Waals surface area (Å²) in [7, 11) is 0. The van der Waals surface area contributed by atoms with Gasteiger partial charge in [0.2, 0.25) is 0 Å². The van der Waals surface area contributed by atoms with E-state index in [1.807, 2.05) is 37.3 Å². The molecule has 7 heteroatoms. The molecular weight excluding hydrogens is 332 g/mol. The Morgan fingerprint density at radius 2 is 1.81 bits per heavy atom. The van der Waals surface area contributed by atoms with Gasteiger partial charge >= 0.3 is 0 Å². The highest BCUT2D eigenvalue weighted by atomic mass is 16.6. The molecular formula is C19H18N4O3. The summed E-state index contributed by atoms with van der Waals surface area (Å²) >= 11 is 0. The van der Waals surface area contributed by atoms with Gasteiger partial charge in [0.1, 0.15) is 5.82 Å². The zero-order valence-electron chi connectivity index (χ0n) is 14.2. The third-order valence-electron chi connectivity index (χ3n) is 3.90. The minimum atomic E-state index is -0.445. The third-order valence-corrected chi connectivity index (χ3v) is 3.90. The molecule has 1 aromatic heterocycles. The summed E-state index contributed by atoms with van der Waals surface area (Å²) in [4.78, 5) is 19.2. The molecule has 0 bridgehead atoms. The van der Waals surface area contributed by atoms with Crippen LogP contribution >= 0.6 is 0 Å². The summed E-state index contributed by atoms with van der Waals surface area (Å²) in [6.45, 7) is 1.76. The molecule has 1 unspecified atom stereocenters. The number of aliphatic hydroxyl groups excluding tert-OH is 1. The van der Waals surface area contributed by atoms with Crippen molar-refractivity contribution in [1.29, 1.82) is 0 Å². The maximum absolute atomic E-state index is 10.8. The van der Waals surface area contributed by atoms with E-state index in [9.17, 15) is 15.2 Å². The maximum atomic E-state index is 10.8. The average Bonchev–Trinajstić information content (AvgIpc) is 2.66. The van der Waals surface area contributed by atoms with E-state index >= 15 is 0 Å². The molecule has 7 nitrogen and oxygen atoms in total. The van der Waals surface area contributed by atoms with Crippen molar-refractivity contribution in [3.8, 4) is 11.4 Å².